The number of hydrogen-bond donors (Lipinski definition) is 1. The highest BCUT2D eigenvalue weighted by Gasteiger charge is 2.22. The molecule has 0 spiro atoms. The van der Waals surface area contributed by atoms with Crippen molar-refractivity contribution in [3.63, 3.8) is 0 Å². The van der Waals surface area contributed by atoms with E-state index in [2.05, 4.69) is 42.2 Å². The van der Waals surface area contributed by atoms with Gasteiger partial charge in [-0.05, 0) is 37.7 Å². The second-order valence-electron chi connectivity index (χ2n) is 6.72. The lowest BCUT2D eigenvalue weighted by molar-refractivity contribution is 0.214. The van der Waals surface area contributed by atoms with Crippen molar-refractivity contribution in [1.29, 1.82) is 0 Å². The second kappa shape index (κ2) is 7.23. The number of nitrogens with zero attached hydrogens (tertiary/aromatic N) is 6. The Hall–Kier alpha value is -2.77. The monoisotopic (exact) mass is 353 g/mol. The van der Waals surface area contributed by atoms with Gasteiger partial charge in [0.05, 0.1) is 23.9 Å². The summed E-state index contributed by atoms with van der Waals surface area (Å²) in [7, 11) is 0. The lowest BCUT2D eigenvalue weighted by atomic mass is 9.97. The first-order valence-electron chi connectivity index (χ1n) is 9.09. The fraction of sp³-hybridized carbons (Fsp3) is 0.500. The summed E-state index contributed by atoms with van der Waals surface area (Å²) in [4.78, 5) is 11.0. The first-order valence-corrected chi connectivity index (χ1v) is 9.09. The number of aromatic amines is 1. The van der Waals surface area contributed by atoms with Crippen LogP contribution in [0.15, 0.2) is 18.6 Å². The Morgan fingerprint density at radius 2 is 2.08 bits per heavy atom. The zero-order valence-corrected chi connectivity index (χ0v) is 15.1. The van der Waals surface area contributed by atoms with Crippen molar-refractivity contribution in [2.24, 2.45) is 5.92 Å². The molecule has 1 saturated heterocycles. The number of nitrogens with one attached hydrogen (secondary N) is 1. The molecule has 3 aromatic rings. The van der Waals surface area contributed by atoms with E-state index < -0.39 is 0 Å². The molecule has 1 N–H and O–H groups in total. The Morgan fingerprint density at radius 3 is 2.88 bits per heavy atom. The Balaban J connectivity index is 1.35. The van der Waals surface area contributed by atoms with Gasteiger partial charge in [-0.15, -0.1) is 5.10 Å². The summed E-state index contributed by atoms with van der Waals surface area (Å²) in [6, 6.07) is 2.01. The highest BCUT2D eigenvalue weighted by Crippen LogP contribution is 2.26. The van der Waals surface area contributed by atoms with Crippen LogP contribution in [0, 0.1) is 12.8 Å². The average molecular weight is 353 g/mol. The van der Waals surface area contributed by atoms with Crippen molar-refractivity contribution < 1.29 is 4.74 Å². The predicted octanol–water partition coefficient (Wildman–Crippen LogP) is 2.31. The Kier molecular flexibility index (Phi) is 4.64. The third kappa shape index (κ3) is 3.31. The van der Waals surface area contributed by atoms with E-state index in [1.165, 1.54) is 5.56 Å². The molecule has 0 unspecified atom stereocenters. The normalized spacial score (nSPS) is 15.5. The maximum absolute atomic E-state index is 5.91. The van der Waals surface area contributed by atoms with Crippen LogP contribution in [0.4, 0.5) is 5.82 Å². The molecule has 1 fully saturated rings. The molecule has 4 rings (SSSR count). The number of aromatic nitrogens is 6. The van der Waals surface area contributed by atoms with Crippen molar-refractivity contribution in [3.8, 4) is 5.88 Å². The van der Waals surface area contributed by atoms with Gasteiger partial charge in [0.1, 0.15) is 12.1 Å². The molecule has 1 aliphatic heterocycles. The summed E-state index contributed by atoms with van der Waals surface area (Å²) >= 11 is 0. The number of piperidine rings is 1. The Bertz CT molecular complexity index is 886. The third-order valence-corrected chi connectivity index (χ3v) is 5.05. The van der Waals surface area contributed by atoms with Crippen LogP contribution in [0.25, 0.3) is 11.0 Å². The van der Waals surface area contributed by atoms with Gasteiger partial charge in [-0.2, -0.15) is 10.2 Å². The Labute approximate surface area is 152 Å². The number of anilines is 1. The van der Waals surface area contributed by atoms with Crippen molar-refractivity contribution in [1.82, 2.24) is 30.4 Å². The van der Waals surface area contributed by atoms with Gasteiger partial charge in [0.15, 0.2) is 5.65 Å². The smallest absolute Gasteiger partial charge is 0.233 e. The molecule has 0 amide bonds. The largest absolute Gasteiger partial charge is 0.476 e. The quantitative estimate of drug-likeness (QED) is 0.752. The molecule has 8 nitrogen and oxygen atoms in total. The molecule has 0 saturated carbocycles. The highest BCUT2D eigenvalue weighted by atomic mass is 16.5. The lowest BCUT2D eigenvalue weighted by Gasteiger charge is -2.32. The summed E-state index contributed by atoms with van der Waals surface area (Å²) < 4.78 is 5.91. The van der Waals surface area contributed by atoms with Gasteiger partial charge < -0.3 is 9.64 Å². The molecule has 4 heterocycles. The minimum atomic E-state index is 0.515. The van der Waals surface area contributed by atoms with Gasteiger partial charge >= 0.3 is 0 Å². The molecule has 1 aliphatic rings. The molecule has 3 aromatic heterocycles. The summed E-state index contributed by atoms with van der Waals surface area (Å²) in [5, 5.41) is 16.3. The van der Waals surface area contributed by atoms with Crippen LogP contribution in [0.3, 0.4) is 0 Å². The SMILES string of the molecule is CCc1cc(OCC2CCN(c3ncnc4[nH]ncc34)CC2)nnc1C. The summed E-state index contributed by atoms with van der Waals surface area (Å²) in [5.74, 6) is 2.10. The zero-order valence-electron chi connectivity index (χ0n) is 15.1. The van der Waals surface area contributed by atoms with E-state index >= 15 is 0 Å². The van der Waals surface area contributed by atoms with E-state index in [0.29, 0.717) is 18.4 Å². The minimum Gasteiger partial charge on any atom is -0.476 e. The molecular weight excluding hydrogens is 330 g/mol. The fourth-order valence-corrected chi connectivity index (χ4v) is 3.42. The zero-order chi connectivity index (χ0) is 17.9. The van der Waals surface area contributed by atoms with Gasteiger partial charge in [0.25, 0.3) is 0 Å². The third-order valence-electron chi connectivity index (χ3n) is 5.05. The Morgan fingerprint density at radius 1 is 1.23 bits per heavy atom. The standard InChI is InChI=1S/C18H23N7O/c1-3-14-8-16(23-22-12(14)2)26-10-13-4-6-25(7-5-13)18-15-9-21-24-17(15)19-11-20-18/h8-9,11,13H,3-7,10H2,1-2H3,(H,19,20,21,24). The number of aryl methyl sites for hydroxylation is 2. The highest BCUT2D eigenvalue weighted by molar-refractivity contribution is 5.86. The molecule has 0 aromatic carbocycles. The molecule has 0 bridgehead atoms. The van der Waals surface area contributed by atoms with Crippen LogP contribution in [-0.2, 0) is 6.42 Å². The van der Waals surface area contributed by atoms with Crippen LogP contribution in [0.1, 0.15) is 31.0 Å². The van der Waals surface area contributed by atoms with Crippen LogP contribution in [-0.4, -0.2) is 50.1 Å². The number of H-pyrrole nitrogens is 1. The van der Waals surface area contributed by atoms with E-state index in [1.54, 1.807) is 12.5 Å². The first-order chi connectivity index (χ1) is 12.7. The van der Waals surface area contributed by atoms with Crippen molar-refractivity contribution in [3.05, 3.63) is 29.8 Å². The van der Waals surface area contributed by atoms with Gasteiger partial charge in [0.2, 0.25) is 5.88 Å². The van der Waals surface area contributed by atoms with E-state index in [9.17, 15) is 0 Å². The van der Waals surface area contributed by atoms with Gasteiger partial charge in [-0.1, -0.05) is 6.92 Å². The lowest BCUT2D eigenvalue weighted by Crippen LogP contribution is -2.36. The van der Waals surface area contributed by atoms with Crippen LogP contribution in [0.2, 0.25) is 0 Å². The van der Waals surface area contributed by atoms with Crippen LogP contribution < -0.4 is 9.64 Å². The maximum Gasteiger partial charge on any atom is 0.233 e. The molecule has 136 valence electrons. The summed E-state index contributed by atoms with van der Waals surface area (Å²) in [6.45, 7) is 6.68. The molecule has 8 heteroatoms. The minimum absolute atomic E-state index is 0.515. The molecule has 0 aliphatic carbocycles. The molecule has 0 atom stereocenters. The van der Waals surface area contributed by atoms with Crippen molar-refractivity contribution in [2.45, 2.75) is 33.1 Å². The maximum atomic E-state index is 5.91. The molecule has 0 radical (unpaired) electrons. The van der Waals surface area contributed by atoms with E-state index in [-0.39, 0.29) is 0 Å². The number of hydrogen-bond acceptors (Lipinski definition) is 7. The fourth-order valence-electron chi connectivity index (χ4n) is 3.42. The second-order valence-corrected chi connectivity index (χ2v) is 6.72. The summed E-state index contributed by atoms with van der Waals surface area (Å²) in [5.41, 5.74) is 2.95. The topological polar surface area (TPSA) is 92.7 Å². The van der Waals surface area contributed by atoms with Gasteiger partial charge in [-0.25, -0.2) is 9.97 Å². The number of fused-ring (bicyclic) bond motifs is 1. The number of rotatable bonds is 5. The van der Waals surface area contributed by atoms with Gasteiger partial charge in [-0.3, -0.25) is 5.10 Å². The van der Waals surface area contributed by atoms with Crippen molar-refractivity contribution in [2.75, 3.05) is 24.6 Å². The first kappa shape index (κ1) is 16.7. The van der Waals surface area contributed by atoms with Gasteiger partial charge in [0, 0.05) is 19.2 Å². The average Bonchev–Trinajstić information content (AvgIpc) is 3.17. The molecular formula is C18H23N7O. The predicted molar refractivity (Wildman–Crippen MR) is 98.3 cm³/mol. The van der Waals surface area contributed by atoms with Crippen molar-refractivity contribution >= 4 is 16.9 Å². The molecule has 26 heavy (non-hydrogen) atoms. The van der Waals surface area contributed by atoms with E-state index in [4.69, 9.17) is 4.74 Å². The summed E-state index contributed by atoms with van der Waals surface area (Å²) in [6.07, 6.45) is 6.44. The van der Waals surface area contributed by atoms with E-state index in [0.717, 1.165) is 54.9 Å². The van der Waals surface area contributed by atoms with Crippen LogP contribution >= 0.6 is 0 Å². The van der Waals surface area contributed by atoms with Crippen LogP contribution in [0.5, 0.6) is 5.88 Å². The van der Waals surface area contributed by atoms with E-state index in [1.807, 2.05) is 13.0 Å². The number of ether oxygens (including phenoxy) is 1.